The van der Waals surface area contributed by atoms with Gasteiger partial charge in [0, 0.05) is 12.4 Å². The van der Waals surface area contributed by atoms with Crippen LogP contribution in [0.5, 0.6) is 0 Å². The van der Waals surface area contributed by atoms with Gasteiger partial charge in [0.15, 0.2) is 0 Å². The molecule has 0 saturated carbocycles. The number of alkyl halides is 3. The fourth-order valence-corrected chi connectivity index (χ4v) is 1.25. The smallest absolute Gasteiger partial charge is 0.422 e. The maximum Gasteiger partial charge on any atom is 0.422 e. The third-order valence-electron chi connectivity index (χ3n) is 2.50. The molecule has 0 fully saturated rings. The van der Waals surface area contributed by atoms with Gasteiger partial charge < -0.3 is 10.4 Å². The summed E-state index contributed by atoms with van der Waals surface area (Å²) < 4.78 is 37.9. The molecule has 5 nitrogen and oxygen atoms in total. The van der Waals surface area contributed by atoms with Crippen molar-refractivity contribution in [1.82, 2.24) is 10.3 Å². The molecule has 1 aromatic heterocycles. The number of carbonyl (C=O) groups excluding carboxylic acids is 1. The number of carbonyl (C=O) groups is 2. The van der Waals surface area contributed by atoms with Crippen molar-refractivity contribution in [3.63, 3.8) is 0 Å². The van der Waals surface area contributed by atoms with Gasteiger partial charge in [-0.05, 0) is 24.6 Å². The summed E-state index contributed by atoms with van der Waals surface area (Å²) in [4.78, 5) is 25.9. The number of nitrogens with one attached hydrogen (secondary N) is 1. The number of rotatable bonds is 4. The summed E-state index contributed by atoms with van der Waals surface area (Å²) in [5, 5.41) is 10.1. The number of nitrogens with zero attached hydrogens (tertiary/aromatic N) is 1. The molecule has 1 amide bonds. The normalized spacial score (nSPS) is 14.5. The van der Waals surface area contributed by atoms with Crippen molar-refractivity contribution in [2.24, 2.45) is 0 Å². The largest absolute Gasteiger partial charge is 0.479 e. The summed E-state index contributed by atoms with van der Waals surface area (Å²) in [6.45, 7) is 0.403. The lowest BCUT2D eigenvalue weighted by Gasteiger charge is -2.28. The Balaban J connectivity index is 2.82. The molecule has 0 spiro atoms. The van der Waals surface area contributed by atoms with Crippen LogP contribution in [0.1, 0.15) is 12.5 Å². The molecule has 19 heavy (non-hydrogen) atoms. The fraction of sp³-hybridized carbons (Fsp3) is 0.364. The van der Waals surface area contributed by atoms with Gasteiger partial charge in [-0.3, -0.25) is 9.78 Å². The zero-order valence-electron chi connectivity index (χ0n) is 9.86. The van der Waals surface area contributed by atoms with Gasteiger partial charge in [-0.1, -0.05) is 0 Å². The number of aromatic nitrogens is 1. The minimum absolute atomic E-state index is 0.360. The van der Waals surface area contributed by atoms with Crippen molar-refractivity contribution < 1.29 is 27.9 Å². The van der Waals surface area contributed by atoms with Gasteiger partial charge in [-0.2, -0.15) is 13.2 Å². The number of aliphatic carboxylic acids is 1. The van der Waals surface area contributed by atoms with Gasteiger partial charge in [-0.15, -0.1) is 0 Å². The number of hydrogen-bond donors (Lipinski definition) is 2. The summed E-state index contributed by atoms with van der Waals surface area (Å²) in [6.07, 6.45) is -2.69. The zero-order chi connectivity index (χ0) is 14.7. The van der Waals surface area contributed by atoms with Crippen molar-refractivity contribution in [2.45, 2.75) is 25.1 Å². The van der Waals surface area contributed by atoms with E-state index in [0.29, 0.717) is 12.5 Å². The van der Waals surface area contributed by atoms with Crippen LogP contribution < -0.4 is 5.32 Å². The summed E-state index contributed by atoms with van der Waals surface area (Å²) in [5.74, 6) is -3.20. The number of amides is 1. The van der Waals surface area contributed by atoms with E-state index in [0.717, 1.165) is 0 Å². The monoisotopic (exact) mass is 276 g/mol. The predicted molar refractivity (Wildman–Crippen MR) is 58.2 cm³/mol. The number of carboxylic acid groups (broad SMARTS) is 1. The second-order valence-corrected chi connectivity index (χ2v) is 4.01. The Hall–Kier alpha value is -2.12. The molecule has 2 N–H and O–H groups in total. The molecule has 1 rings (SSSR count). The third kappa shape index (κ3) is 3.43. The molecule has 1 heterocycles. The second kappa shape index (κ2) is 5.25. The van der Waals surface area contributed by atoms with E-state index in [4.69, 9.17) is 5.11 Å². The molecule has 0 saturated heterocycles. The average Bonchev–Trinajstić information content (AvgIpc) is 2.28. The number of halogens is 3. The molecule has 8 heteroatoms. The Morgan fingerprint density at radius 1 is 1.32 bits per heavy atom. The van der Waals surface area contributed by atoms with Crippen LogP contribution in [0.3, 0.4) is 0 Å². The van der Waals surface area contributed by atoms with E-state index in [2.05, 4.69) is 4.98 Å². The lowest BCUT2D eigenvalue weighted by molar-refractivity contribution is -0.206. The Morgan fingerprint density at radius 2 is 1.84 bits per heavy atom. The topological polar surface area (TPSA) is 79.3 Å². The van der Waals surface area contributed by atoms with Gasteiger partial charge in [0.2, 0.25) is 11.4 Å². The zero-order valence-corrected chi connectivity index (χ0v) is 9.86. The summed E-state index contributed by atoms with van der Waals surface area (Å²) in [5.41, 5.74) is -2.88. The highest BCUT2D eigenvalue weighted by molar-refractivity contribution is 5.88. The summed E-state index contributed by atoms with van der Waals surface area (Å²) in [6, 6.07) is 2.90. The maximum absolute atomic E-state index is 12.6. The number of hydrogen-bond acceptors (Lipinski definition) is 3. The molecular weight excluding hydrogens is 265 g/mol. The average molecular weight is 276 g/mol. The SMILES string of the molecule is CC(NC(=O)Cc1ccncc1)(C(=O)O)C(F)(F)F. The molecule has 0 aliphatic heterocycles. The van der Waals surface area contributed by atoms with Crippen molar-refractivity contribution in [3.8, 4) is 0 Å². The van der Waals surface area contributed by atoms with Gasteiger partial charge in [-0.25, -0.2) is 4.79 Å². The molecule has 1 aromatic rings. The van der Waals surface area contributed by atoms with Gasteiger partial charge >= 0.3 is 12.1 Å². The third-order valence-corrected chi connectivity index (χ3v) is 2.50. The first kappa shape index (κ1) is 14.9. The van der Waals surface area contributed by atoms with Crippen molar-refractivity contribution in [1.29, 1.82) is 0 Å². The van der Waals surface area contributed by atoms with Crippen LogP contribution in [0.2, 0.25) is 0 Å². The molecule has 0 radical (unpaired) electrons. The molecule has 0 aliphatic rings. The van der Waals surface area contributed by atoms with E-state index in [1.807, 2.05) is 0 Å². The highest BCUT2D eigenvalue weighted by Gasteiger charge is 2.58. The van der Waals surface area contributed by atoms with E-state index in [1.165, 1.54) is 29.8 Å². The van der Waals surface area contributed by atoms with Gasteiger partial charge in [0.05, 0.1) is 6.42 Å². The van der Waals surface area contributed by atoms with Crippen LogP contribution >= 0.6 is 0 Å². The predicted octanol–water partition coefficient (Wildman–Crippen LogP) is 1.15. The molecule has 1 unspecified atom stereocenters. The van der Waals surface area contributed by atoms with Crippen LogP contribution in [0.15, 0.2) is 24.5 Å². The summed E-state index contributed by atoms with van der Waals surface area (Å²) >= 11 is 0. The van der Waals surface area contributed by atoms with E-state index in [-0.39, 0.29) is 6.42 Å². The van der Waals surface area contributed by atoms with E-state index < -0.39 is 23.6 Å². The molecule has 1 atom stereocenters. The standard InChI is InChI=1S/C11H11F3N2O3/c1-10(9(18)19,11(12,13)14)16-8(17)6-7-2-4-15-5-3-7/h2-5H,6H2,1H3,(H,16,17)(H,18,19). The lowest BCUT2D eigenvalue weighted by atomic mass is 10.0. The first-order valence-corrected chi connectivity index (χ1v) is 5.17. The quantitative estimate of drug-likeness (QED) is 0.864. The Kier molecular flexibility index (Phi) is 4.13. The van der Waals surface area contributed by atoms with Gasteiger partial charge in [0.1, 0.15) is 0 Å². The molecule has 104 valence electrons. The van der Waals surface area contributed by atoms with Crippen molar-refractivity contribution >= 4 is 11.9 Å². The van der Waals surface area contributed by atoms with E-state index in [9.17, 15) is 22.8 Å². The highest BCUT2D eigenvalue weighted by atomic mass is 19.4. The molecule has 0 aromatic carbocycles. The Labute approximate surface area is 106 Å². The molecule has 0 bridgehead atoms. The van der Waals surface area contributed by atoms with Crippen LogP contribution in [-0.4, -0.2) is 33.7 Å². The van der Waals surface area contributed by atoms with E-state index in [1.54, 1.807) is 0 Å². The van der Waals surface area contributed by atoms with Crippen LogP contribution in [0.25, 0.3) is 0 Å². The first-order chi connectivity index (χ1) is 8.67. The Morgan fingerprint density at radius 3 is 2.26 bits per heavy atom. The second-order valence-electron chi connectivity index (χ2n) is 4.01. The molecule has 0 aliphatic carbocycles. The van der Waals surface area contributed by atoms with Crippen LogP contribution in [0, 0.1) is 0 Å². The lowest BCUT2D eigenvalue weighted by Crippen LogP contribution is -2.62. The minimum Gasteiger partial charge on any atom is -0.479 e. The van der Waals surface area contributed by atoms with Crippen LogP contribution in [0.4, 0.5) is 13.2 Å². The van der Waals surface area contributed by atoms with Crippen molar-refractivity contribution in [3.05, 3.63) is 30.1 Å². The summed E-state index contributed by atoms with van der Waals surface area (Å²) in [7, 11) is 0. The fourth-order valence-electron chi connectivity index (χ4n) is 1.25. The number of pyridine rings is 1. The number of carboxylic acids is 1. The maximum atomic E-state index is 12.6. The van der Waals surface area contributed by atoms with Crippen LogP contribution in [-0.2, 0) is 16.0 Å². The minimum atomic E-state index is -5.09. The van der Waals surface area contributed by atoms with E-state index >= 15 is 0 Å². The Bertz CT molecular complexity index is 476. The first-order valence-electron chi connectivity index (χ1n) is 5.17. The highest BCUT2D eigenvalue weighted by Crippen LogP contribution is 2.30. The van der Waals surface area contributed by atoms with Crippen molar-refractivity contribution in [2.75, 3.05) is 0 Å². The molecular formula is C11H11F3N2O3. The van der Waals surface area contributed by atoms with Gasteiger partial charge in [0.25, 0.3) is 0 Å².